The average Bonchev–Trinajstić information content (AvgIpc) is 2.43. The largest absolute Gasteiger partial charge is 0.481 e. The molecule has 1 atom stereocenters. The van der Waals surface area contributed by atoms with E-state index in [0.717, 1.165) is 32.4 Å². The fraction of sp³-hybridized carbons (Fsp3) is 0.588. The summed E-state index contributed by atoms with van der Waals surface area (Å²) >= 11 is 0. The number of carbonyl (C=O) groups is 1. The summed E-state index contributed by atoms with van der Waals surface area (Å²) in [6.07, 6.45) is 3.12. The summed E-state index contributed by atoms with van der Waals surface area (Å²) in [5, 5.41) is 8.74. The summed E-state index contributed by atoms with van der Waals surface area (Å²) < 4.78 is 0. The molecule has 0 aliphatic heterocycles. The van der Waals surface area contributed by atoms with Gasteiger partial charge in [-0.2, -0.15) is 0 Å². The van der Waals surface area contributed by atoms with Crippen molar-refractivity contribution in [1.29, 1.82) is 0 Å². The van der Waals surface area contributed by atoms with Gasteiger partial charge in [-0.05, 0) is 44.8 Å². The molecule has 0 aliphatic carbocycles. The molecule has 0 aliphatic rings. The fourth-order valence-electron chi connectivity index (χ4n) is 2.56. The molecule has 0 bridgehead atoms. The van der Waals surface area contributed by atoms with Crippen molar-refractivity contribution in [2.24, 2.45) is 0 Å². The first-order valence-electron chi connectivity index (χ1n) is 7.58. The van der Waals surface area contributed by atoms with Crippen molar-refractivity contribution in [3.8, 4) is 0 Å². The number of likely N-dealkylation sites (N-methyl/N-ethyl adjacent to an activating group) is 1. The SMILES string of the molecule is CCC(Cc1ccc(C)cc1)N(CC)CCCC(=O)O. The molecule has 1 N–H and O–H groups in total. The number of benzene rings is 1. The van der Waals surface area contributed by atoms with Gasteiger partial charge in [0, 0.05) is 12.5 Å². The number of aryl methyl sites for hydroxylation is 1. The molecule has 112 valence electrons. The smallest absolute Gasteiger partial charge is 0.303 e. The van der Waals surface area contributed by atoms with E-state index in [0.29, 0.717) is 6.04 Å². The fourth-order valence-corrected chi connectivity index (χ4v) is 2.56. The molecule has 20 heavy (non-hydrogen) atoms. The van der Waals surface area contributed by atoms with Crippen LogP contribution in [-0.4, -0.2) is 35.1 Å². The molecule has 3 heteroatoms. The lowest BCUT2D eigenvalue weighted by atomic mass is 10.0. The lowest BCUT2D eigenvalue weighted by molar-refractivity contribution is -0.137. The third kappa shape index (κ3) is 5.74. The zero-order valence-electron chi connectivity index (χ0n) is 12.9. The predicted octanol–water partition coefficient (Wildman–Crippen LogP) is 3.50. The highest BCUT2D eigenvalue weighted by Gasteiger charge is 2.15. The molecule has 1 aromatic rings. The van der Waals surface area contributed by atoms with Crippen molar-refractivity contribution in [3.05, 3.63) is 35.4 Å². The van der Waals surface area contributed by atoms with Gasteiger partial charge in [-0.3, -0.25) is 4.79 Å². The van der Waals surface area contributed by atoms with Gasteiger partial charge in [0.15, 0.2) is 0 Å². The first-order valence-corrected chi connectivity index (χ1v) is 7.58. The Morgan fingerprint density at radius 1 is 1.25 bits per heavy atom. The van der Waals surface area contributed by atoms with Crippen molar-refractivity contribution < 1.29 is 9.90 Å². The number of carboxylic acids is 1. The van der Waals surface area contributed by atoms with Crippen LogP contribution in [0.2, 0.25) is 0 Å². The molecule has 0 radical (unpaired) electrons. The lowest BCUT2D eigenvalue weighted by Gasteiger charge is -2.30. The minimum absolute atomic E-state index is 0.261. The quantitative estimate of drug-likeness (QED) is 0.751. The molecule has 1 unspecified atom stereocenters. The Labute approximate surface area is 122 Å². The second-order valence-corrected chi connectivity index (χ2v) is 5.38. The van der Waals surface area contributed by atoms with E-state index >= 15 is 0 Å². The molecule has 0 saturated heterocycles. The summed E-state index contributed by atoms with van der Waals surface area (Å²) in [6, 6.07) is 9.20. The van der Waals surface area contributed by atoms with Crippen LogP contribution in [0.25, 0.3) is 0 Å². The molecule has 3 nitrogen and oxygen atoms in total. The van der Waals surface area contributed by atoms with Crippen molar-refractivity contribution in [1.82, 2.24) is 4.90 Å². The van der Waals surface area contributed by atoms with E-state index in [9.17, 15) is 4.79 Å². The highest BCUT2D eigenvalue weighted by Crippen LogP contribution is 2.14. The molecule has 1 rings (SSSR count). The van der Waals surface area contributed by atoms with Crippen LogP contribution >= 0.6 is 0 Å². The molecule has 0 fully saturated rings. The Hall–Kier alpha value is -1.35. The maximum Gasteiger partial charge on any atom is 0.303 e. The lowest BCUT2D eigenvalue weighted by Crippen LogP contribution is -2.37. The molecular weight excluding hydrogens is 250 g/mol. The number of aliphatic carboxylic acids is 1. The van der Waals surface area contributed by atoms with Crippen LogP contribution < -0.4 is 0 Å². The second kappa shape index (κ2) is 8.75. The van der Waals surface area contributed by atoms with Gasteiger partial charge in [0.05, 0.1) is 0 Å². The van der Waals surface area contributed by atoms with Crippen LogP contribution in [0.1, 0.15) is 44.2 Å². The minimum atomic E-state index is -0.701. The molecule has 0 amide bonds. The topological polar surface area (TPSA) is 40.5 Å². The van der Waals surface area contributed by atoms with Gasteiger partial charge in [0.2, 0.25) is 0 Å². The Kier molecular flexibility index (Phi) is 7.31. The van der Waals surface area contributed by atoms with Crippen LogP contribution in [0.5, 0.6) is 0 Å². The summed E-state index contributed by atoms with van der Waals surface area (Å²) in [4.78, 5) is 13.0. The van der Waals surface area contributed by atoms with E-state index in [1.807, 2.05) is 0 Å². The Bertz CT molecular complexity index is 400. The zero-order chi connectivity index (χ0) is 15.0. The maximum atomic E-state index is 10.6. The molecule has 0 spiro atoms. The van der Waals surface area contributed by atoms with Crippen molar-refractivity contribution in [2.45, 2.75) is 52.5 Å². The van der Waals surface area contributed by atoms with E-state index in [1.54, 1.807) is 0 Å². The van der Waals surface area contributed by atoms with E-state index in [4.69, 9.17) is 5.11 Å². The maximum absolute atomic E-state index is 10.6. The van der Waals surface area contributed by atoms with Crippen molar-refractivity contribution >= 4 is 5.97 Å². The number of hydrogen-bond acceptors (Lipinski definition) is 2. The third-order valence-electron chi connectivity index (χ3n) is 3.82. The van der Waals surface area contributed by atoms with Crippen molar-refractivity contribution in [2.75, 3.05) is 13.1 Å². The molecular formula is C17H27NO2. The van der Waals surface area contributed by atoms with E-state index in [1.165, 1.54) is 11.1 Å². The Balaban J connectivity index is 2.57. The summed E-state index contributed by atoms with van der Waals surface area (Å²) in [6.45, 7) is 8.31. The van der Waals surface area contributed by atoms with Crippen LogP contribution in [-0.2, 0) is 11.2 Å². The first kappa shape index (κ1) is 16.7. The van der Waals surface area contributed by atoms with Crippen LogP contribution in [0, 0.1) is 6.92 Å². The Morgan fingerprint density at radius 3 is 2.40 bits per heavy atom. The highest BCUT2D eigenvalue weighted by molar-refractivity contribution is 5.66. The first-order chi connectivity index (χ1) is 9.56. The normalized spacial score (nSPS) is 12.6. The van der Waals surface area contributed by atoms with Crippen LogP contribution in [0.15, 0.2) is 24.3 Å². The number of rotatable bonds is 9. The van der Waals surface area contributed by atoms with E-state index in [-0.39, 0.29) is 6.42 Å². The minimum Gasteiger partial charge on any atom is -0.481 e. The van der Waals surface area contributed by atoms with Crippen LogP contribution in [0.3, 0.4) is 0 Å². The van der Waals surface area contributed by atoms with Crippen LogP contribution in [0.4, 0.5) is 0 Å². The van der Waals surface area contributed by atoms with Gasteiger partial charge in [0.25, 0.3) is 0 Å². The summed E-state index contributed by atoms with van der Waals surface area (Å²) in [7, 11) is 0. The van der Waals surface area contributed by atoms with E-state index in [2.05, 4.69) is 49.9 Å². The van der Waals surface area contributed by atoms with Gasteiger partial charge in [-0.15, -0.1) is 0 Å². The summed E-state index contributed by atoms with van der Waals surface area (Å²) in [5.74, 6) is -0.701. The molecule has 0 aromatic heterocycles. The zero-order valence-corrected chi connectivity index (χ0v) is 12.9. The van der Waals surface area contributed by atoms with Gasteiger partial charge in [-0.25, -0.2) is 0 Å². The molecule has 0 heterocycles. The standard InChI is InChI=1S/C17H27NO2/c1-4-16(13-15-10-8-14(3)9-11-15)18(5-2)12-6-7-17(19)20/h8-11,16H,4-7,12-13H2,1-3H3,(H,19,20). The Morgan fingerprint density at radius 2 is 1.90 bits per heavy atom. The summed E-state index contributed by atoms with van der Waals surface area (Å²) in [5.41, 5.74) is 2.65. The van der Waals surface area contributed by atoms with Crippen molar-refractivity contribution in [3.63, 3.8) is 0 Å². The van der Waals surface area contributed by atoms with Gasteiger partial charge in [0.1, 0.15) is 0 Å². The predicted molar refractivity (Wildman–Crippen MR) is 83.1 cm³/mol. The average molecular weight is 277 g/mol. The van der Waals surface area contributed by atoms with Gasteiger partial charge in [-0.1, -0.05) is 43.7 Å². The monoisotopic (exact) mass is 277 g/mol. The highest BCUT2D eigenvalue weighted by atomic mass is 16.4. The molecule has 0 saturated carbocycles. The molecule has 1 aromatic carbocycles. The van der Waals surface area contributed by atoms with Gasteiger partial charge >= 0.3 is 5.97 Å². The third-order valence-corrected chi connectivity index (χ3v) is 3.82. The van der Waals surface area contributed by atoms with Gasteiger partial charge < -0.3 is 10.0 Å². The number of carboxylic acid groups (broad SMARTS) is 1. The van der Waals surface area contributed by atoms with E-state index < -0.39 is 5.97 Å². The second-order valence-electron chi connectivity index (χ2n) is 5.38. The number of hydrogen-bond donors (Lipinski definition) is 1. The number of nitrogens with zero attached hydrogens (tertiary/aromatic N) is 1.